The van der Waals surface area contributed by atoms with Crippen LogP contribution in [-0.2, 0) is 0 Å². The molecule has 0 heterocycles. The molecule has 0 aromatic heterocycles. The van der Waals surface area contributed by atoms with E-state index in [1.165, 1.54) is 0 Å². The zero-order valence-corrected chi connectivity index (χ0v) is 7.16. The van der Waals surface area contributed by atoms with Crippen molar-refractivity contribution in [2.24, 2.45) is 0 Å². The third kappa shape index (κ3) is 9.82. The van der Waals surface area contributed by atoms with E-state index < -0.39 is 0 Å². The van der Waals surface area contributed by atoms with Gasteiger partial charge in [-0.2, -0.15) is 0 Å². The molecule has 1 nitrogen and oxygen atoms in total. The fraction of sp³-hybridized carbons (Fsp3) is 0. The van der Waals surface area contributed by atoms with E-state index >= 15 is 0 Å². The van der Waals surface area contributed by atoms with Gasteiger partial charge in [0.05, 0.1) is 0 Å². The molecule has 0 saturated heterocycles. The van der Waals surface area contributed by atoms with Gasteiger partial charge in [0.1, 0.15) is 0 Å². The maximum Gasteiger partial charge on any atom is 2.00 e. The Labute approximate surface area is 57.4 Å². The molecule has 0 atom stereocenters. The second-order valence-corrected chi connectivity index (χ2v) is 0. The Hall–Kier alpha value is 1.46. The Morgan fingerprint density at radius 3 is 0.750 bits per heavy atom. The van der Waals surface area contributed by atoms with Gasteiger partial charge in [0, 0.05) is 0 Å². The third-order valence-electron chi connectivity index (χ3n) is 0. The van der Waals surface area contributed by atoms with Crippen molar-refractivity contribution in [3.05, 3.63) is 0 Å². The number of hydrogen-bond donors (Lipinski definition) is 0. The summed E-state index contributed by atoms with van der Waals surface area (Å²) >= 11 is 0. The van der Waals surface area contributed by atoms with E-state index in [1.807, 2.05) is 0 Å². The van der Waals surface area contributed by atoms with E-state index in [2.05, 4.69) is 0 Å². The minimum absolute atomic E-state index is 0. The predicted molar refractivity (Wildman–Crippen MR) is 9.37 cm³/mol. The van der Waals surface area contributed by atoms with Crippen molar-refractivity contribution in [2.45, 2.75) is 0 Å². The summed E-state index contributed by atoms with van der Waals surface area (Å²) in [5, 5.41) is 0. The predicted octanol–water partition coefficient (Wildman–Crippen LogP) is -7.20. The maximum absolute atomic E-state index is 0. The fourth-order valence-corrected chi connectivity index (χ4v) is 0. The average Bonchev–Trinajstić information content (AvgIpc) is 0. The maximum atomic E-state index is 0. The van der Waals surface area contributed by atoms with Crippen molar-refractivity contribution in [3.8, 4) is 0 Å². The fourth-order valence-electron chi connectivity index (χ4n) is 0. The van der Waals surface area contributed by atoms with Crippen molar-refractivity contribution >= 4 is 27.3 Å². The van der Waals surface area contributed by atoms with Gasteiger partial charge in [-0.25, -0.2) is 0 Å². The molecule has 0 aromatic rings. The molecule has 0 fully saturated rings. The van der Waals surface area contributed by atoms with Gasteiger partial charge in [-0.1, -0.05) is 0 Å². The first-order chi connectivity index (χ1) is 0. The molecule has 0 saturated carbocycles. The Morgan fingerprint density at radius 2 is 0.750 bits per heavy atom. The quantitative estimate of drug-likeness (QED) is 0.398. The molecule has 4 heavy (non-hydrogen) atoms. The molecule has 4 heteroatoms. The minimum atomic E-state index is 0. The SMILES string of the molecule is O.[Cl-].[Cl-].[Pb+2]. The van der Waals surface area contributed by atoms with Gasteiger partial charge < -0.3 is 30.3 Å². The van der Waals surface area contributed by atoms with Crippen LogP contribution in [0.1, 0.15) is 0 Å². The molecule has 0 aliphatic heterocycles. The van der Waals surface area contributed by atoms with E-state index in [1.54, 1.807) is 0 Å². The molecule has 2 N–H and O–H groups in total. The summed E-state index contributed by atoms with van der Waals surface area (Å²) in [5.41, 5.74) is 0. The summed E-state index contributed by atoms with van der Waals surface area (Å²) in [6.07, 6.45) is 0. The molecule has 0 unspecified atom stereocenters. The van der Waals surface area contributed by atoms with Crippen molar-refractivity contribution in [2.75, 3.05) is 0 Å². The van der Waals surface area contributed by atoms with Crippen molar-refractivity contribution < 1.29 is 30.3 Å². The molecular weight excluding hydrogens is 294 g/mol. The Morgan fingerprint density at radius 1 is 0.750 bits per heavy atom. The Balaban J connectivity index is 0. The van der Waals surface area contributed by atoms with Crippen LogP contribution in [-0.4, -0.2) is 32.8 Å². The number of hydrogen-bond acceptors (Lipinski definition) is 0. The van der Waals surface area contributed by atoms with Crippen molar-refractivity contribution in [1.29, 1.82) is 0 Å². The first-order valence-corrected chi connectivity index (χ1v) is 0. The van der Waals surface area contributed by atoms with E-state index in [4.69, 9.17) is 0 Å². The first kappa shape index (κ1) is 50.9. The van der Waals surface area contributed by atoms with E-state index in [0.29, 0.717) is 0 Å². The summed E-state index contributed by atoms with van der Waals surface area (Å²) in [4.78, 5) is 0. The minimum Gasteiger partial charge on any atom is -1.00 e. The zero-order chi connectivity index (χ0) is 0. The van der Waals surface area contributed by atoms with Gasteiger partial charge in [-0.3, -0.25) is 0 Å². The molecule has 2 radical (unpaired) electrons. The van der Waals surface area contributed by atoms with Gasteiger partial charge in [-0.15, -0.1) is 0 Å². The Bertz CT molecular complexity index is 6.00. The normalized spacial score (nSPS) is 0. The Kier molecular flexibility index (Phi) is 318. The van der Waals surface area contributed by atoms with Crippen LogP contribution in [0.25, 0.3) is 0 Å². The molecular formula is H2Cl2OPb. The van der Waals surface area contributed by atoms with Crippen LogP contribution in [0.5, 0.6) is 0 Å². The summed E-state index contributed by atoms with van der Waals surface area (Å²) in [7, 11) is 0. The van der Waals surface area contributed by atoms with Crippen LogP contribution in [0.3, 0.4) is 0 Å². The molecule has 0 aliphatic rings. The van der Waals surface area contributed by atoms with Crippen molar-refractivity contribution in [1.82, 2.24) is 0 Å². The third-order valence-corrected chi connectivity index (χ3v) is 0. The molecule has 0 aromatic carbocycles. The summed E-state index contributed by atoms with van der Waals surface area (Å²) in [6, 6.07) is 0. The van der Waals surface area contributed by atoms with Crippen molar-refractivity contribution in [3.63, 3.8) is 0 Å². The second kappa shape index (κ2) is 25.0. The summed E-state index contributed by atoms with van der Waals surface area (Å²) < 4.78 is 0. The van der Waals surface area contributed by atoms with Crippen LogP contribution >= 0.6 is 0 Å². The molecule has 0 aliphatic carbocycles. The van der Waals surface area contributed by atoms with Gasteiger partial charge >= 0.3 is 27.3 Å². The smallest absolute Gasteiger partial charge is 1.00 e. The molecule has 0 amide bonds. The van der Waals surface area contributed by atoms with Gasteiger partial charge in [0.25, 0.3) is 0 Å². The van der Waals surface area contributed by atoms with Gasteiger partial charge in [0.2, 0.25) is 0 Å². The molecule has 0 spiro atoms. The van der Waals surface area contributed by atoms with Crippen LogP contribution in [0, 0.1) is 0 Å². The molecule has 26 valence electrons. The van der Waals surface area contributed by atoms with Crippen LogP contribution < -0.4 is 24.8 Å². The average molecular weight is 296 g/mol. The molecule has 0 rings (SSSR count). The van der Waals surface area contributed by atoms with E-state index in [0.717, 1.165) is 0 Å². The summed E-state index contributed by atoms with van der Waals surface area (Å²) in [5.74, 6) is 0. The van der Waals surface area contributed by atoms with Gasteiger partial charge in [0.15, 0.2) is 0 Å². The van der Waals surface area contributed by atoms with Crippen LogP contribution in [0.2, 0.25) is 0 Å². The first-order valence-electron chi connectivity index (χ1n) is 0. The van der Waals surface area contributed by atoms with Crippen LogP contribution in [0.15, 0.2) is 0 Å². The largest absolute Gasteiger partial charge is 2.00 e. The van der Waals surface area contributed by atoms with Gasteiger partial charge in [-0.05, 0) is 0 Å². The van der Waals surface area contributed by atoms with E-state index in [-0.39, 0.29) is 57.6 Å². The zero-order valence-electron chi connectivity index (χ0n) is 1.76. The standard InChI is InChI=1S/2ClH.H2O.Pb/h2*1H;1H2;/q;;;+2/p-2. The number of rotatable bonds is 0. The monoisotopic (exact) mass is 296 g/mol. The second-order valence-electron chi connectivity index (χ2n) is 0. The molecule has 0 bridgehead atoms. The summed E-state index contributed by atoms with van der Waals surface area (Å²) in [6.45, 7) is 0. The topological polar surface area (TPSA) is 31.5 Å². The van der Waals surface area contributed by atoms with Crippen LogP contribution in [0.4, 0.5) is 0 Å². The number of halogens is 2. The van der Waals surface area contributed by atoms with E-state index in [9.17, 15) is 0 Å².